The van der Waals surface area contributed by atoms with Crippen molar-refractivity contribution in [1.29, 1.82) is 0 Å². The minimum absolute atomic E-state index is 0.0784. The van der Waals surface area contributed by atoms with Crippen molar-refractivity contribution in [1.82, 2.24) is 15.2 Å². The van der Waals surface area contributed by atoms with Gasteiger partial charge in [0.15, 0.2) is 0 Å². The fourth-order valence-corrected chi connectivity index (χ4v) is 2.20. The maximum atomic E-state index is 12.0. The molecule has 1 aromatic rings. The minimum atomic E-state index is -1.05. The molecule has 0 saturated carbocycles. The Balaban J connectivity index is 2.05. The van der Waals surface area contributed by atoms with Gasteiger partial charge in [0.2, 0.25) is 0 Å². The lowest BCUT2D eigenvalue weighted by Crippen LogP contribution is -2.49. The topological polar surface area (TPSA) is 103 Å². The molecule has 108 valence electrons. The number of nitrogens with one attached hydrogen (secondary N) is 1. The van der Waals surface area contributed by atoms with E-state index in [0.29, 0.717) is 19.4 Å². The first-order chi connectivity index (χ1) is 9.58. The van der Waals surface area contributed by atoms with Gasteiger partial charge in [-0.1, -0.05) is 6.07 Å². The van der Waals surface area contributed by atoms with Crippen molar-refractivity contribution in [3.63, 3.8) is 0 Å². The van der Waals surface area contributed by atoms with Crippen molar-refractivity contribution in [3.05, 3.63) is 30.1 Å². The Labute approximate surface area is 116 Å². The molecule has 1 aliphatic heterocycles. The fraction of sp³-hybridized carbons (Fsp3) is 0.462. The molecule has 0 bridgehead atoms. The third-order valence-electron chi connectivity index (χ3n) is 3.29. The van der Waals surface area contributed by atoms with Crippen LogP contribution in [0.2, 0.25) is 0 Å². The number of hydrogen-bond donors (Lipinski definition) is 3. The second-order valence-electron chi connectivity index (χ2n) is 4.73. The predicted octanol–water partition coefficient (Wildman–Crippen LogP) is 0.315. The van der Waals surface area contributed by atoms with E-state index in [4.69, 9.17) is 5.11 Å². The van der Waals surface area contributed by atoms with Crippen LogP contribution in [0.15, 0.2) is 24.4 Å². The number of carboxylic acid groups (broad SMARTS) is 1. The first-order valence-electron chi connectivity index (χ1n) is 6.46. The van der Waals surface area contributed by atoms with E-state index < -0.39 is 24.1 Å². The molecular formula is C13H17N3O4. The summed E-state index contributed by atoms with van der Waals surface area (Å²) in [5.74, 6) is -0.415. The van der Waals surface area contributed by atoms with Gasteiger partial charge in [-0.25, -0.2) is 4.79 Å². The molecule has 1 aromatic heterocycles. The van der Waals surface area contributed by atoms with E-state index in [-0.39, 0.29) is 12.2 Å². The minimum Gasteiger partial charge on any atom is -0.465 e. The van der Waals surface area contributed by atoms with Crippen LogP contribution >= 0.6 is 0 Å². The lowest BCUT2D eigenvalue weighted by molar-refractivity contribution is 0.0788. The number of aliphatic hydroxyl groups is 1. The molecule has 20 heavy (non-hydrogen) atoms. The maximum Gasteiger partial charge on any atom is 0.407 e. The highest BCUT2D eigenvalue weighted by Gasteiger charge is 2.29. The Morgan fingerprint density at radius 3 is 2.85 bits per heavy atom. The zero-order valence-electron chi connectivity index (χ0n) is 10.9. The Morgan fingerprint density at radius 1 is 1.40 bits per heavy atom. The van der Waals surface area contributed by atoms with Gasteiger partial charge in [-0.05, 0) is 25.0 Å². The predicted molar refractivity (Wildman–Crippen MR) is 70.3 cm³/mol. The van der Waals surface area contributed by atoms with Crippen LogP contribution in [0.5, 0.6) is 0 Å². The van der Waals surface area contributed by atoms with E-state index in [0.717, 1.165) is 0 Å². The smallest absolute Gasteiger partial charge is 0.407 e. The second-order valence-corrected chi connectivity index (χ2v) is 4.73. The number of nitrogens with zero attached hydrogens (tertiary/aromatic N) is 2. The number of likely N-dealkylation sites (tertiary alicyclic amines) is 1. The summed E-state index contributed by atoms with van der Waals surface area (Å²) < 4.78 is 0. The van der Waals surface area contributed by atoms with E-state index in [1.807, 2.05) is 0 Å². The SMILES string of the molecule is O=C(NC1CN(C(=O)O)CCCC1O)c1ccccn1. The number of aliphatic hydroxyl groups excluding tert-OH is 1. The highest BCUT2D eigenvalue weighted by atomic mass is 16.4. The Bertz CT molecular complexity index is 480. The van der Waals surface area contributed by atoms with Crippen molar-refractivity contribution in [3.8, 4) is 0 Å². The molecule has 7 nitrogen and oxygen atoms in total. The normalized spacial score (nSPS) is 22.9. The fourth-order valence-electron chi connectivity index (χ4n) is 2.20. The first-order valence-corrected chi connectivity index (χ1v) is 6.46. The summed E-state index contributed by atoms with van der Waals surface area (Å²) in [5.41, 5.74) is 0.242. The molecule has 2 atom stereocenters. The van der Waals surface area contributed by atoms with Crippen LogP contribution in [0, 0.1) is 0 Å². The van der Waals surface area contributed by atoms with Crippen LogP contribution < -0.4 is 5.32 Å². The molecule has 7 heteroatoms. The largest absolute Gasteiger partial charge is 0.465 e. The van der Waals surface area contributed by atoms with Crippen LogP contribution in [0.1, 0.15) is 23.3 Å². The monoisotopic (exact) mass is 279 g/mol. The third kappa shape index (κ3) is 3.45. The van der Waals surface area contributed by atoms with Gasteiger partial charge >= 0.3 is 6.09 Å². The summed E-state index contributed by atoms with van der Waals surface area (Å²) in [5, 5.41) is 21.7. The van der Waals surface area contributed by atoms with Gasteiger partial charge in [0, 0.05) is 19.3 Å². The van der Waals surface area contributed by atoms with Gasteiger partial charge in [-0.3, -0.25) is 9.78 Å². The van der Waals surface area contributed by atoms with E-state index >= 15 is 0 Å². The average molecular weight is 279 g/mol. The van der Waals surface area contributed by atoms with E-state index in [2.05, 4.69) is 10.3 Å². The number of carbonyl (C=O) groups excluding carboxylic acids is 1. The zero-order chi connectivity index (χ0) is 14.5. The van der Waals surface area contributed by atoms with Crippen LogP contribution in [0.25, 0.3) is 0 Å². The van der Waals surface area contributed by atoms with Gasteiger partial charge in [-0.15, -0.1) is 0 Å². The summed E-state index contributed by atoms with van der Waals surface area (Å²) in [6.45, 7) is 0.442. The third-order valence-corrected chi connectivity index (χ3v) is 3.29. The van der Waals surface area contributed by atoms with Crippen LogP contribution in [-0.4, -0.2) is 57.3 Å². The van der Waals surface area contributed by atoms with Crippen molar-refractivity contribution in [2.45, 2.75) is 25.0 Å². The summed E-state index contributed by atoms with van der Waals surface area (Å²) in [4.78, 5) is 28.2. The van der Waals surface area contributed by atoms with Crippen LogP contribution in [0.4, 0.5) is 4.79 Å². The van der Waals surface area contributed by atoms with Gasteiger partial charge in [0.1, 0.15) is 5.69 Å². The molecule has 0 aromatic carbocycles. The lowest BCUT2D eigenvalue weighted by atomic mass is 10.1. The van der Waals surface area contributed by atoms with Crippen molar-refractivity contribution < 1.29 is 19.8 Å². The molecule has 2 rings (SSSR count). The highest BCUT2D eigenvalue weighted by Crippen LogP contribution is 2.12. The van der Waals surface area contributed by atoms with Gasteiger partial charge in [0.05, 0.1) is 12.1 Å². The van der Waals surface area contributed by atoms with Gasteiger partial charge in [-0.2, -0.15) is 0 Å². The quantitative estimate of drug-likeness (QED) is 0.723. The van der Waals surface area contributed by atoms with E-state index in [9.17, 15) is 14.7 Å². The number of pyridine rings is 1. The Morgan fingerprint density at radius 2 is 2.20 bits per heavy atom. The molecule has 2 unspecified atom stereocenters. The van der Waals surface area contributed by atoms with Crippen molar-refractivity contribution >= 4 is 12.0 Å². The molecule has 2 amide bonds. The zero-order valence-corrected chi connectivity index (χ0v) is 10.9. The number of carbonyl (C=O) groups is 2. The highest BCUT2D eigenvalue weighted by molar-refractivity contribution is 5.92. The summed E-state index contributed by atoms with van der Waals surface area (Å²) in [6.07, 6.45) is 0.728. The standard InChI is InChI=1S/C13H17N3O4/c17-11-5-3-7-16(13(19)20)8-10(11)15-12(18)9-4-1-2-6-14-9/h1-2,4,6,10-11,17H,3,5,7-8H2,(H,15,18)(H,19,20). The summed E-state index contributed by atoms with van der Waals surface area (Å²) in [6, 6.07) is 4.33. The molecular weight excluding hydrogens is 262 g/mol. The number of hydrogen-bond acceptors (Lipinski definition) is 4. The first kappa shape index (κ1) is 14.3. The van der Waals surface area contributed by atoms with E-state index in [1.54, 1.807) is 18.2 Å². The van der Waals surface area contributed by atoms with Gasteiger partial charge in [0.25, 0.3) is 5.91 Å². The lowest BCUT2D eigenvalue weighted by Gasteiger charge is -2.25. The summed E-state index contributed by atoms with van der Waals surface area (Å²) in [7, 11) is 0. The summed E-state index contributed by atoms with van der Waals surface area (Å²) >= 11 is 0. The molecule has 1 saturated heterocycles. The molecule has 3 N–H and O–H groups in total. The van der Waals surface area contributed by atoms with Crippen molar-refractivity contribution in [2.75, 3.05) is 13.1 Å². The molecule has 2 heterocycles. The Hall–Kier alpha value is -2.15. The average Bonchev–Trinajstić information content (AvgIpc) is 2.62. The molecule has 0 spiro atoms. The number of aromatic nitrogens is 1. The molecule has 0 aliphatic carbocycles. The molecule has 1 fully saturated rings. The number of amides is 2. The second kappa shape index (κ2) is 6.33. The van der Waals surface area contributed by atoms with Crippen LogP contribution in [-0.2, 0) is 0 Å². The van der Waals surface area contributed by atoms with Gasteiger partial charge < -0.3 is 20.4 Å². The Kier molecular flexibility index (Phi) is 4.52. The molecule has 0 radical (unpaired) electrons. The van der Waals surface area contributed by atoms with Crippen LogP contribution in [0.3, 0.4) is 0 Å². The van der Waals surface area contributed by atoms with Crippen molar-refractivity contribution in [2.24, 2.45) is 0 Å². The maximum absolute atomic E-state index is 12.0. The number of rotatable bonds is 2. The van der Waals surface area contributed by atoms with E-state index in [1.165, 1.54) is 11.1 Å². The molecule has 1 aliphatic rings.